The van der Waals surface area contributed by atoms with Crippen LogP contribution in [0.3, 0.4) is 0 Å². The minimum atomic E-state index is -0.294. The molecule has 2 aromatic heterocycles. The van der Waals surface area contributed by atoms with Crippen LogP contribution in [0, 0.1) is 6.92 Å². The molecule has 3 aromatic rings. The van der Waals surface area contributed by atoms with Crippen LogP contribution in [0.5, 0.6) is 0 Å². The van der Waals surface area contributed by atoms with E-state index in [0.29, 0.717) is 23.1 Å². The number of ketones is 1. The number of nitrogens with zero attached hydrogens (tertiary/aromatic N) is 3. The molecule has 180 valence electrons. The van der Waals surface area contributed by atoms with Gasteiger partial charge in [0.15, 0.2) is 0 Å². The number of rotatable bonds is 8. The van der Waals surface area contributed by atoms with Crippen LogP contribution in [0.2, 0.25) is 0 Å². The summed E-state index contributed by atoms with van der Waals surface area (Å²) in [6.07, 6.45) is 11.7. The van der Waals surface area contributed by atoms with Crippen molar-refractivity contribution in [1.29, 1.82) is 0 Å². The molecule has 2 aliphatic rings. The van der Waals surface area contributed by atoms with E-state index in [2.05, 4.69) is 15.3 Å². The molecule has 1 aromatic carbocycles. The third-order valence-corrected chi connectivity index (χ3v) is 6.89. The number of benzene rings is 1. The molecule has 0 amide bonds. The van der Waals surface area contributed by atoms with Crippen LogP contribution in [0.1, 0.15) is 71.9 Å². The Kier molecular flexibility index (Phi) is 6.59. The Morgan fingerprint density at radius 1 is 1.11 bits per heavy atom. The number of hydrogen-bond acceptors (Lipinski definition) is 6. The molecule has 3 N–H and O–H groups in total. The summed E-state index contributed by atoms with van der Waals surface area (Å²) in [6, 6.07) is 12.1. The van der Waals surface area contributed by atoms with Crippen LogP contribution >= 0.6 is 0 Å². The smallest absolute Gasteiger partial charge is 0.250 e. The van der Waals surface area contributed by atoms with Gasteiger partial charge in [0.1, 0.15) is 5.69 Å². The summed E-state index contributed by atoms with van der Waals surface area (Å²) >= 11 is 0. The van der Waals surface area contributed by atoms with E-state index in [1.807, 2.05) is 30.5 Å². The number of allylic oxidation sites excluding steroid dienone is 1. The molecule has 0 radical (unpaired) electrons. The first-order valence-electron chi connectivity index (χ1n) is 12.4. The lowest BCUT2D eigenvalue weighted by atomic mass is 10.1. The van der Waals surface area contributed by atoms with E-state index in [1.165, 1.54) is 24.5 Å². The van der Waals surface area contributed by atoms with Crippen molar-refractivity contribution in [1.82, 2.24) is 19.9 Å². The zero-order chi connectivity index (χ0) is 24.4. The Balaban J connectivity index is 1.36. The average molecular weight is 470 g/mol. The number of aromatic nitrogens is 3. The molecule has 0 spiro atoms. The molecule has 35 heavy (non-hydrogen) atoms. The quantitative estimate of drug-likeness (QED) is 0.379. The molecular formula is C28H31N5O2. The van der Waals surface area contributed by atoms with Gasteiger partial charge in [-0.2, -0.15) is 0 Å². The fourth-order valence-electron chi connectivity index (χ4n) is 4.60. The van der Waals surface area contributed by atoms with Crippen molar-refractivity contribution in [3.05, 3.63) is 87.7 Å². The molecule has 0 unspecified atom stereocenters. The zero-order valence-electron chi connectivity index (χ0n) is 20.0. The second-order valence-corrected chi connectivity index (χ2v) is 9.61. The number of hydrogen-bond donors (Lipinski definition) is 2. The molecule has 7 heteroatoms. The summed E-state index contributed by atoms with van der Waals surface area (Å²) in [5, 5.41) is 3.49. The molecule has 0 atom stereocenters. The van der Waals surface area contributed by atoms with Crippen LogP contribution < -0.4 is 16.6 Å². The molecule has 2 aliphatic carbocycles. The van der Waals surface area contributed by atoms with Crippen molar-refractivity contribution in [2.24, 2.45) is 5.73 Å². The van der Waals surface area contributed by atoms with Gasteiger partial charge in [-0.3, -0.25) is 14.6 Å². The van der Waals surface area contributed by atoms with Crippen molar-refractivity contribution in [2.75, 3.05) is 0 Å². The van der Waals surface area contributed by atoms with Crippen molar-refractivity contribution in [2.45, 2.75) is 64.1 Å². The third-order valence-electron chi connectivity index (χ3n) is 6.89. The van der Waals surface area contributed by atoms with Gasteiger partial charge in [0, 0.05) is 48.2 Å². The van der Waals surface area contributed by atoms with E-state index in [1.54, 1.807) is 29.8 Å². The zero-order valence-corrected chi connectivity index (χ0v) is 20.0. The Bertz CT molecular complexity index is 1320. The highest BCUT2D eigenvalue weighted by molar-refractivity contribution is 6.07. The third kappa shape index (κ3) is 5.41. The van der Waals surface area contributed by atoms with Crippen molar-refractivity contribution in [3.63, 3.8) is 0 Å². The topological polar surface area (TPSA) is 103 Å². The number of carbonyl (C=O) groups is 1. The van der Waals surface area contributed by atoms with Gasteiger partial charge in [-0.15, -0.1) is 0 Å². The minimum Gasteiger partial charge on any atom is -0.398 e. The summed E-state index contributed by atoms with van der Waals surface area (Å²) in [7, 11) is 0. The summed E-state index contributed by atoms with van der Waals surface area (Å²) in [4.78, 5) is 34.5. The molecule has 7 nitrogen and oxygen atoms in total. The van der Waals surface area contributed by atoms with Crippen molar-refractivity contribution < 1.29 is 4.79 Å². The number of nitrogens with one attached hydrogen (secondary N) is 1. The van der Waals surface area contributed by atoms with Gasteiger partial charge in [0.25, 0.3) is 5.56 Å². The largest absolute Gasteiger partial charge is 0.398 e. The number of carbonyl (C=O) groups excluding carboxylic acids is 1. The van der Waals surface area contributed by atoms with Gasteiger partial charge in [-0.25, -0.2) is 4.98 Å². The lowest BCUT2D eigenvalue weighted by Gasteiger charge is -2.14. The van der Waals surface area contributed by atoms with E-state index in [9.17, 15) is 9.59 Å². The molecular weight excluding hydrogens is 438 g/mol. The first-order chi connectivity index (χ1) is 17.0. The predicted molar refractivity (Wildman–Crippen MR) is 137 cm³/mol. The highest BCUT2D eigenvalue weighted by atomic mass is 16.1. The Labute approximate surface area is 205 Å². The Hall–Kier alpha value is -3.58. The van der Waals surface area contributed by atoms with Gasteiger partial charge in [0.05, 0.1) is 17.6 Å². The maximum Gasteiger partial charge on any atom is 0.250 e. The van der Waals surface area contributed by atoms with Gasteiger partial charge in [-0.1, -0.05) is 37.1 Å². The monoisotopic (exact) mass is 469 g/mol. The minimum absolute atomic E-state index is 0.0120. The fraction of sp³-hybridized carbons (Fsp3) is 0.357. The van der Waals surface area contributed by atoms with Gasteiger partial charge >= 0.3 is 0 Å². The first kappa shape index (κ1) is 23.2. The Morgan fingerprint density at radius 2 is 1.86 bits per heavy atom. The molecule has 0 bridgehead atoms. The summed E-state index contributed by atoms with van der Waals surface area (Å²) < 4.78 is 1.80. The Morgan fingerprint density at radius 3 is 2.57 bits per heavy atom. The fourth-order valence-corrected chi connectivity index (χ4v) is 4.60. The van der Waals surface area contributed by atoms with Crippen molar-refractivity contribution >= 4 is 11.5 Å². The molecule has 5 rings (SSSR count). The van der Waals surface area contributed by atoms with Crippen LogP contribution in [0.15, 0.2) is 59.7 Å². The van der Waals surface area contributed by atoms with Gasteiger partial charge < -0.3 is 15.6 Å². The lowest BCUT2D eigenvalue weighted by Crippen LogP contribution is -2.22. The summed E-state index contributed by atoms with van der Waals surface area (Å²) in [6.45, 7) is 2.60. The molecule has 2 heterocycles. The first-order valence-corrected chi connectivity index (χ1v) is 12.4. The van der Waals surface area contributed by atoms with E-state index in [-0.39, 0.29) is 23.1 Å². The van der Waals surface area contributed by atoms with E-state index < -0.39 is 0 Å². The lowest BCUT2D eigenvalue weighted by molar-refractivity contribution is 0.104. The number of nitrogens with two attached hydrogens (primary N) is 1. The second kappa shape index (κ2) is 9.96. The van der Waals surface area contributed by atoms with Crippen LogP contribution in [-0.4, -0.2) is 26.4 Å². The van der Waals surface area contributed by atoms with E-state index in [4.69, 9.17) is 5.73 Å². The van der Waals surface area contributed by atoms with Crippen LogP contribution in [0.4, 0.5) is 0 Å². The molecule has 2 saturated carbocycles. The highest BCUT2D eigenvalue weighted by Gasteiger charge is 2.20. The normalized spacial score (nSPS) is 16.5. The van der Waals surface area contributed by atoms with E-state index >= 15 is 0 Å². The maximum atomic E-state index is 13.1. The maximum absolute atomic E-state index is 13.1. The SMILES string of the molecule is Cc1ncc(-c2ccc(=O)n(C3CCCC3)c2)nc1C(=O)/C=C(\N)c1ccc(CNC2CC2)cc1. The predicted octanol–water partition coefficient (Wildman–Crippen LogP) is 4.16. The van der Waals surface area contributed by atoms with Crippen LogP contribution in [0.25, 0.3) is 17.0 Å². The van der Waals surface area contributed by atoms with E-state index in [0.717, 1.165) is 43.4 Å². The van der Waals surface area contributed by atoms with Crippen molar-refractivity contribution in [3.8, 4) is 11.3 Å². The average Bonchev–Trinajstić information content (AvgIpc) is 3.54. The highest BCUT2D eigenvalue weighted by Crippen LogP contribution is 2.29. The summed E-state index contributed by atoms with van der Waals surface area (Å²) in [5.74, 6) is -0.294. The van der Waals surface area contributed by atoms with Gasteiger partial charge in [-0.05, 0) is 49.8 Å². The summed E-state index contributed by atoms with van der Waals surface area (Å²) in [5.41, 5.74) is 10.7. The van der Waals surface area contributed by atoms with Crippen LogP contribution in [-0.2, 0) is 6.54 Å². The molecule has 2 fully saturated rings. The van der Waals surface area contributed by atoms with Gasteiger partial charge in [0.2, 0.25) is 5.78 Å². The standard InChI is InChI=1S/C28H31N5O2/c1-18-28(26(34)14-24(29)20-8-6-19(7-9-20)15-31-22-11-12-22)32-25(16-30-18)21-10-13-27(35)33(17-21)23-4-2-3-5-23/h6-10,13-14,16-17,22-23,31H,2-5,11-12,15,29H2,1H3/b24-14-. The number of pyridine rings is 1. The number of aryl methyl sites for hydroxylation is 1. The second-order valence-electron chi connectivity index (χ2n) is 9.61. The molecule has 0 saturated heterocycles. The molecule has 0 aliphatic heterocycles.